The van der Waals surface area contributed by atoms with Crippen molar-refractivity contribution in [3.8, 4) is 0 Å². The van der Waals surface area contributed by atoms with Gasteiger partial charge in [0.05, 0.1) is 17.1 Å². The standard InChI is InChI=1S/C12H11F2N5O2/c13-8-1-2-10(14)7(3-8)6-16-11-4-9(19(20)21)5-12(17-11)18-15/h1-5H,6,15H2,(H2,16,17,18). The van der Waals surface area contributed by atoms with E-state index in [0.29, 0.717) is 0 Å². The first kappa shape index (κ1) is 14.6. The van der Waals surface area contributed by atoms with Crippen LogP contribution in [0.4, 0.5) is 26.1 Å². The number of hydrogen-bond donors (Lipinski definition) is 3. The van der Waals surface area contributed by atoms with Gasteiger partial charge >= 0.3 is 0 Å². The molecule has 0 amide bonds. The molecule has 9 heteroatoms. The third-order valence-electron chi connectivity index (χ3n) is 2.64. The lowest BCUT2D eigenvalue weighted by molar-refractivity contribution is -0.384. The van der Waals surface area contributed by atoms with E-state index in [1.807, 2.05) is 0 Å². The van der Waals surface area contributed by atoms with Crippen LogP contribution in [0.25, 0.3) is 0 Å². The van der Waals surface area contributed by atoms with Crippen molar-refractivity contribution in [1.29, 1.82) is 0 Å². The summed E-state index contributed by atoms with van der Waals surface area (Å²) in [5, 5.41) is 13.4. The maximum Gasteiger partial charge on any atom is 0.276 e. The van der Waals surface area contributed by atoms with E-state index < -0.39 is 16.6 Å². The SMILES string of the molecule is NNc1cc([N+](=O)[O-])cc(NCc2cc(F)ccc2F)n1. The Morgan fingerprint density at radius 2 is 1.95 bits per heavy atom. The Labute approximate surface area is 117 Å². The van der Waals surface area contributed by atoms with Crippen molar-refractivity contribution in [3.63, 3.8) is 0 Å². The van der Waals surface area contributed by atoms with Crippen LogP contribution in [0, 0.1) is 21.7 Å². The molecule has 1 aromatic carbocycles. The summed E-state index contributed by atoms with van der Waals surface area (Å²) in [6, 6.07) is 5.34. The van der Waals surface area contributed by atoms with Gasteiger partial charge in [-0.2, -0.15) is 0 Å². The predicted molar refractivity (Wildman–Crippen MR) is 72.4 cm³/mol. The van der Waals surface area contributed by atoms with Crippen LogP contribution in [0.1, 0.15) is 5.56 Å². The van der Waals surface area contributed by atoms with Crippen LogP contribution in [0.15, 0.2) is 30.3 Å². The molecule has 0 aliphatic carbocycles. The highest BCUT2D eigenvalue weighted by Gasteiger charge is 2.11. The molecule has 0 bridgehead atoms. The number of nitrogens with two attached hydrogens (primary N) is 1. The zero-order chi connectivity index (χ0) is 15.4. The number of nitrogens with zero attached hydrogens (tertiary/aromatic N) is 2. The second-order valence-corrected chi connectivity index (χ2v) is 4.09. The second-order valence-electron chi connectivity index (χ2n) is 4.09. The van der Waals surface area contributed by atoms with Gasteiger partial charge in [-0.25, -0.2) is 19.6 Å². The maximum atomic E-state index is 13.5. The average molecular weight is 295 g/mol. The number of hydrogen-bond acceptors (Lipinski definition) is 6. The molecule has 0 atom stereocenters. The zero-order valence-corrected chi connectivity index (χ0v) is 10.6. The smallest absolute Gasteiger partial charge is 0.276 e. The summed E-state index contributed by atoms with van der Waals surface area (Å²) < 4.78 is 26.5. The fourth-order valence-corrected chi connectivity index (χ4v) is 1.65. The molecule has 0 aliphatic heterocycles. The van der Waals surface area contributed by atoms with Crippen LogP contribution in [-0.2, 0) is 6.54 Å². The Morgan fingerprint density at radius 3 is 2.62 bits per heavy atom. The predicted octanol–water partition coefficient (Wildman–Crippen LogP) is 2.17. The van der Waals surface area contributed by atoms with E-state index in [0.717, 1.165) is 30.3 Å². The van der Waals surface area contributed by atoms with Crippen molar-refractivity contribution >= 4 is 17.3 Å². The minimum atomic E-state index is -0.615. The van der Waals surface area contributed by atoms with E-state index in [9.17, 15) is 18.9 Å². The van der Waals surface area contributed by atoms with Crippen LogP contribution in [0.2, 0.25) is 0 Å². The van der Waals surface area contributed by atoms with Gasteiger partial charge in [-0.3, -0.25) is 10.1 Å². The Kier molecular flexibility index (Phi) is 4.24. The Bertz CT molecular complexity index is 681. The first-order valence-electron chi connectivity index (χ1n) is 5.80. The third-order valence-corrected chi connectivity index (χ3v) is 2.64. The van der Waals surface area contributed by atoms with Gasteiger partial charge < -0.3 is 10.7 Å². The van der Waals surface area contributed by atoms with Crippen molar-refractivity contribution < 1.29 is 13.7 Å². The van der Waals surface area contributed by atoms with E-state index in [2.05, 4.69) is 15.7 Å². The van der Waals surface area contributed by atoms with Crippen molar-refractivity contribution in [2.45, 2.75) is 6.54 Å². The number of anilines is 2. The van der Waals surface area contributed by atoms with Gasteiger partial charge in [0, 0.05) is 12.1 Å². The van der Waals surface area contributed by atoms with Crippen molar-refractivity contribution in [2.75, 3.05) is 10.7 Å². The van der Waals surface area contributed by atoms with E-state index >= 15 is 0 Å². The quantitative estimate of drug-likeness (QED) is 0.443. The molecule has 0 spiro atoms. The van der Waals surface area contributed by atoms with Gasteiger partial charge in [0.2, 0.25) is 0 Å². The summed E-state index contributed by atoms with van der Waals surface area (Å²) in [4.78, 5) is 14.1. The minimum Gasteiger partial charge on any atom is -0.366 e. The highest BCUT2D eigenvalue weighted by Crippen LogP contribution is 2.21. The summed E-state index contributed by atoms with van der Waals surface area (Å²) in [7, 11) is 0. The molecule has 4 N–H and O–H groups in total. The number of nitrogens with one attached hydrogen (secondary N) is 2. The number of rotatable bonds is 5. The molecule has 2 aromatic rings. The van der Waals surface area contributed by atoms with Crippen molar-refractivity contribution in [2.24, 2.45) is 5.84 Å². The molecule has 1 heterocycles. The summed E-state index contributed by atoms with van der Waals surface area (Å²) in [5.41, 5.74) is 2.03. The lowest BCUT2D eigenvalue weighted by atomic mass is 10.2. The number of nitrogen functional groups attached to an aromatic ring is 1. The molecule has 0 aliphatic rings. The van der Waals surface area contributed by atoms with E-state index in [-0.39, 0.29) is 29.4 Å². The maximum absolute atomic E-state index is 13.5. The first-order valence-corrected chi connectivity index (χ1v) is 5.80. The Morgan fingerprint density at radius 1 is 1.24 bits per heavy atom. The largest absolute Gasteiger partial charge is 0.366 e. The van der Waals surface area contributed by atoms with E-state index in [4.69, 9.17) is 5.84 Å². The lowest BCUT2D eigenvalue weighted by Gasteiger charge is -2.08. The van der Waals surface area contributed by atoms with Gasteiger partial charge in [0.15, 0.2) is 0 Å². The van der Waals surface area contributed by atoms with Gasteiger partial charge in [0.1, 0.15) is 23.3 Å². The number of nitro groups is 1. The molecular formula is C12H11F2N5O2. The van der Waals surface area contributed by atoms with Crippen molar-refractivity contribution in [3.05, 3.63) is 57.6 Å². The molecule has 0 saturated heterocycles. The Balaban J connectivity index is 2.21. The third kappa shape index (κ3) is 3.60. The highest BCUT2D eigenvalue weighted by molar-refractivity contribution is 5.54. The van der Waals surface area contributed by atoms with Crippen LogP contribution < -0.4 is 16.6 Å². The number of aromatic nitrogens is 1. The monoisotopic (exact) mass is 295 g/mol. The minimum absolute atomic E-state index is 0.0746. The van der Waals surface area contributed by atoms with Crippen LogP contribution in [0.3, 0.4) is 0 Å². The number of benzene rings is 1. The molecule has 2 rings (SSSR count). The summed E-state index contributed by atoms with van der Waals surface area (Å²) in [6.45, 7) is -0.0816. The van der Waals surface area contributed by atoms with Crippen molar-refractivity contribution in [1.82, 2.24) is 4.98 Å². The van der Waals surface area contributed by atoms with E-state index in [1.165, 1.54) is 0 Å². The molecule has 0 unspecified atom stereocenters. The van der Waals surface area contributed by atoms with Gasteiger partial charge in [-0.15, -0.1) is 0 Å². The number of halogens is 2. The van der Waals surface area contributed by atoms with Crippen LogP contribution >= 0.6 is 0 Å². The fraction of sp³-hybridized carbons (Fsp3) is 0.0833. The number of pyridine rings is 1. The zero-order valence-electron chi connectivity index (χ0n) is 10.6. The van der Waals surface area contributed by atoms with E-state index in [1.54, 1.807) is 0 Å². The molecule has 21 heavy (non-hydrogen) atoms. The van der Waals surface area contributed by atoms with Gasteiger partial charge in [-0.05, 0) is 18.2 Å². The fourth-order valence-electron chi connectivity index (χ4n) is 1.65. The molecule has 0 radical (unpaired) electrons. The van der Waals surface area contributed by atoms with Gasteiger partial charge in [-0.1, -0.05) is 0 Å². The number of hydrazine groups is 1. The molecule has 7 nitrogen and oxygen atoms in total. The molecule has 110 valence electrons. The average Bonchev–Trinajstić information content (AvgIpc) is 2.47. The second kappa shape index (κ2) is 6.09. The summed E-state index contributed by atoms with van der Waals surface area (Å²) in [6.07, 6.45) is 0. The molecular weight excluding hydrogens is 284 g/mol. The van der Waals surface area contributed by atoms with Gasteiger partial charge in [0.25, 0.3) is 5.69 Å². The first-order chi connectivity index (χ1) is 9.99. The summed E-state index contributed by atoms with van der Waals surface area (Å²) >= 11 is 0. The lowest BCUT2D eigenvalue weighted by Crippen LogP contribution is -2.11. The topological polar surface area (TPSA) is 106 Å². The van der Waals surface area contributed by atoms with Crippen LogP contribution in [-0.4, -0.2) is 9.91 Å². The molecule has 0 saturated carbocycles. The molecule has 1 aromatic heterocycles. The molecule has 0 fully saturated rings. The normalized spacial score (nSPS) is 10.2. The Hall–Kier alpha value is -2.81. The summed E-state index contributed by atoms with van der Waals surface area (Å²) in [5.74, 6) is 4.18. The van der Waals surface area contributed by atoms with Crippen LogP contribution in [0.5, 0.6) is 0 Å². The highest BCUT2D eigenvalue weighted by atomic mass is 19.1.